The summed E-state index contributed by atoms with van der Waals surface area (Å²) in [4.78, 5) is 28.7. The summed E-state index contributed by atoms with van der Waals surface area (Å²) in [5.41, 5.74) is 5.80. The smallest absolute Gasteiger partial charge is 0.279 e. The molecule has 0 saturated carbocycles. The summed E-state index contributed by atoms with van der Waals surface area (Å²) in [6, 6.07) is 15.3. The number of carbonyl (C=O) groups is 2. The molecule has 0 saturated heterocycles. The topological polar surface area (TPSA) is 89.5 Å². The summed E-state index contributed by atoms with van der Waals surface area (Å²) >= 11 is 5.86. The molecule has 0 bridgehead atoms. The number of hydrogen-bond donors (Lipinski definition) is 2. The lowest BCUT2D eigenvalue weighted by molar-refractivity contribution is -0.128. The molecular weight excluding hydrogens is 394 g/mol. The van der Waals surface area contributed by atoms with E-state index in [1.165, 1.54) is 0 Å². The number of pyridine rings is 1. The Morgan fingerprint density at radius 2 is 1.76 bits per heavy atom. The van der Waals surface area contributed by atoms with E-state index in [1.54, 1.807) is 61.5 Å². The zero-order valence-electron chi connectivity index (χ0n) is 15.9. The summed E-state index contributed by atoms with van der Waals surface area (Å²) in [5, 5.41) is 1.14. The van der Waals surface area contributed by atoms with Gasteiger partial charge in [-0.05, 0) is 68.4 Å². The van der Waals surface area contributed by atoms with Gasteiger partial charge in [-0.3, -0.25) is 20.4 Å². The van der Waals surface area contributed by atoms with Gasteiger partial charge in [-0.25, -0.2) is 4.98 Å². The maximum atomic E-state index is 12.3. The fourth-order valence-electron chi connectivity index (χ4n) is 2.57. The maximum Gasteiger partial charge on any atom is 0.279 e. The molecule has 3 rings (SSSR count). The van der Waals surface area contributed by atoms with Crippen molar-refractivity contribution in [1.29, 1.82) is 0 Å². The van der Waals surface area contributed by atoms with Gasteiger partial charge in [0.15, 0.2) is 6.10 Å². The minimum Gasteiger partial charge on any atom is -0.494 e. The first-order valence-electron chi connectivity index (χ1n) is 9.02. The maximum absolute atomic E-state index is 12.3. The van der Waals surface area contributed by atoms with Crippen molar-refractivity contribution in [2.45, 2.75) is 20.0 Å². The van der Waals surface area contributed by atoms with E-state index in [9.17, 15) is 9.59 Å². The minimum atomic E-state index is -0.809. The average Bonchev–Trinajstić information content (AvgIpc) is 2.72. The number of rotatable bonds is 6. The van der Waals surface area contributed by atoms with Crippen LogP contribution in [-0.2, 0) is 4.79 Å². The second kappa shape index (κ2) is 9.25. The van der Waals surface area contributed by atoms with E-state index in [-0.39, 0.29) is 0 Å². The van der Waals surface area contributed by atoms with Gasteiger partial charge in [0, 0.05) is 10.9 Å². The molecule has 2 amide bonds. The molecule has 0 aliphatic rings. The molecule has 1 atom stereocenters. The number of hydrogen-bond acceptors (Lipinski definition) is 5. The van der Waals surface area contributed by atoms with Gasteiger partial charge in [0.25, 0.3) is 11.8 Å². The van der Waals surface area contributed by atoms with Crippen LogP contribution < -0.4 is 20.3 Å². The quantitative estimate of drug-likeness (QED) is 0.476. The molecule has 0 aliphatic heterocycles. The Kier molecular flexibility index (Phi) is 6.51. The molecule has 150 valence electrons. The van der Waals surface area contributed by atoms with Crippen LogP contribution in [0.1, 0.15) is 24.2 Å². The third-order valence-corrected chi connectivity index (χ3v) is 4.24. The summed E-state index contributed by atoms with van der Waals surface area (Å²) in [6.45, 7) is 4.05. The van der Waals surface area contributed by atoms with Crippen LogP contribution in [0.4, 0.5) is 0 Å². The summed E-state index contributed by atoms with van der Waals surface area (Å²) < 4.78 is 10.9. The standard InChI is InChI=1S/C21H20ClN3O4/c1-3-28-16-6-8-17(9-7-16)29-13(2)20(26)24-25-21(27)15-4-10-18-14(12-15)5-11-19(22)23-18/h4-13H,3H2,1-2H3,(H,24,26)(H,25,27). The molecule has 0 fully saturated rings. The monoisotopic (exact) mass is 413 g/mol. The number of amides is 2. The van der Waals surface area contributed by atoms with Gasteiger partial charge in [0.1, 0.15) is 16.7 Å². The molecule has 1 aromatic heterocycles. The predicted molar refractivity (Wildman–Crippen MR) is 110 cm³/mol. The Bertz CT molecular complexity index is 1020. The normalized spacial score (nSPS) is 11.6. The number of nitrogens with zero attached hydrogens (tertiary/aromatic N) is 1. The second-order valence-electron chi connectivity index (χ2n) is 6.15. The highest BCUT2D eigenvalue weighted by Gasteiger charge is 2.16. The average molecular weight is 414 g/mol. The van der Waals surface area contributed by atoms with Crippen molar-refractivity contribution < 1.29 is 19.1 Å². The van der Waals surface area contributed by atoms with Gasteiger partial charge in [-0.15, -0.1) is 0 Å². The number of benzene rings is 2. The summed E-state index contributed by atoms with van der Waals surface area (Å²) in [6.07, 6.45) is -0.809. The lowest BCUT2D eigenvalue weighted by Gasteiger charge is -2.15. The van der Waals surface area contributed by atoms with Crippen LogP contribution in [0.3, 0.4) is 0 Å². The highest BCUT2D eigenvalue weighted by molar-refractivity contribution is 6.29. The zero-order valence-corrected chi connectivity index (χ0v) is 16.7. The number of aromatic nitrogens is 1. The van der Waals surface area contributed by atoms with Gasteiger partial charge >= 0.3 is 0 Å². The number of fused-ring (bicyclic) bond motifs is 1. The Hall–Kier alpha value is -3.32. The van der Waals surface area contributed by atoms with E-state index in [4.69, 9.17) is 21.1 Å². The third kappa shape index (κ3) is 5.36. The SMILES string of the molecule is CCOc1ccc(OC(C)C(=O)NNC(=O)c2ccc3nc(Cl)ccc3c2)cc1. The van der Waals surface area contributed by atoms with E-state index in [0.717, 1.165) is 11.1 Å². The number of hydrazine groups is 1. The lowest BCUT2D eigenvalue weighted by atomic mass is 10.1. The molecule has 7 nitrogen and oxygen atoms in total. The fraction of sp³-hybridized carbons (Fsp3) is 0.190. The van der Waals surface area contributed by atoms with Crippen LogP contribution in [-0.4, -0.2) is 29.5 Å². The van der Waals surface area contributed by atoms with Gasteiger partial charge in [0.05, 0.1) is 12.1 Å². The number of carbonyl (C=O) groups excluding carboxylic acids is 2. The van der Waals surface area contributed by atoms with E-state index < -0.39 is 17.9 Å². The largest absolute Gasteiger partial charge is 0.494 e. The number of halogens is 1. The Morgan fingerprint density at radius 3 is 2.48 bits per heavy atom. The first kappa shape index (κ1) is 20.4. The molecule has 2 N–H and O–H groups in total. The predicted octanol–water partition coefficient (Wildman–Crippen LogP) is 3.52. The lowest BCUT2D eigenvalue weighted by Crippen LogP contribution is -2.47. The van der Waals surface area contributed by atoms with Crippen molar-refractivity contribution in [3.05, 3.63) is 65.3 Å². The van der Waals surface area contributed by atoms with Crippen molar-refractivity contribution in [2.75, 3.05) is 6.61 Å². The summed E-state index contributed by atoms with van der Waals surface area (Å²) in [5.74, 6) is 0.296. The Balaban J connectivity index is 1.55. The van der Waals surface area contributed by atoms with E-state index in [2.05, 4.69) is 15.8 Å². The molecular formula is C21H20ClN3O4. The molecule has 29 heavy (non-hydrogen) atoms. The highest BCUT2D eigenvalue weighted by Crippen LogP contribution is 2.19. The molecule has 1 unspecified atom stereocenters. The van der Waals surface area contributed by atoms with Crippen molar-refractivity contribution in [2.24, 2.45) is 0 Å². The van der Waals surface area contributed by atoms with Crippen LogP contribution in [0.25, 0.3) is 10.9 Å². The number of ether oxygens (including phenoxy) is 2. The van der Waals surface area contributed by atoms with E-state index in [0.29, 0.717) is 28.6 Å². The van der Waals surface area contributed by atoms with Gasteiger partial charge in [-0.1, -0.05) is 11.6 Å². The van der Waals surface area contributed by atoms with Crippen LogP contribution in [0, 0.1) is 0 Å². The fourth-order valence-corrected chi connectivity index (χ4v) is 2.73. The second-order valence-corrected chi connectivity index (χ2v) is 6.54. The molecule has 3 aromatic rings. The van der Waals surface area contributed by atoms with Gasteiger partial charge in [-0.2, -0.15) is 0 Å². The molecule has 0 spiro atoms. The van der Waals surface area contributed by atoms with Crippen molar-refractivity contribution in [1.82, 2.24) is 15.8 Å². The molecule has 0 radical (unpaired) electrons. The first-order chi connectivity index (χ1) is 14.0. The van der Waals surface area contributed by atoms with Gasteiger partial charge < -0.3 is 9.47 Å². The minimum absolute atomic E-state index is 0.377. The van der Waals surface area contributed by atoms with E-state index >= 15 is 0 Å². The zero-order chi connectivity index (χ0) is 20.8. The summed E-state index contributed by atoms with van der Waals surface area (Å²) in [7, 11) is 0. The van der Waals surface area contributed by atoms with Crippen LogP contribution in [0.15, 0.2) is 54.6 Å². The van der Waals surface area contributed by atoms with Crippen molar-refractivity contribution >= 4 is 34.3 Å². The van der Waals surface area contributed by atoms with E-state index in [1.807, 2.05) is 6.92 Å². The molecule has 2 aromatic carbocycles. The van der Waals surface area contributed by atoms with Crippen molar-refractivity contribution in [3.63, 3.8) is 0 Å². The molecule has 0 aliphatic carbocycles. The first-order valence-corrected chi connectivity index (χ1v) is 9.40. The third-order valence-electron chi connectivity index (χ3n) is 4.03. The van der Waals surface area contributed by atoms with Crippen LogP contribution in [0.5, 0.6) is 11.5 Å². The van der Waals surface area contributed by atoms with Crippen LogP contribution >= 0.6 is 11.6 Å². The Morgan fingerprint density at radius 1 is 1.03 bits per heavy atom. The number of nitrogens with one attached hydrogen (secondary N) is 2. The molecule has 8 heteroatoms. The van der Waals surface area contributed by atoms with Gasteiger partial charge in [0.2, 0.25) is 0 Å². The van der Waals surface area contributed by atoms with Crippen LogP contribution in [0.2, 0.25) is 5.15 Å². The molecule has 1 heterocycles. The Labute approximate surface area is 173 Å². The highest BCUT2D eigenvalue weighted by atomic mass is 35.5. The van der Waals surface area contributed by atoms with Crippen molar-refractivity contribution in [3.8, 4) is 11.5 Å².